The maximum Gasteiger partial charge on any atom is 0.108 e. The van der Waals surface area contributed by atoms with Gasteiger partial charge in [0.25, 0.3) is 0 Å². The van der Waals surface area contributed by atoms with E-state index in [1.165, 1.54) is 37.0 Å². The quantitative estimate of drug-likeness (QED) is 0.700. The van der Waals surface area contributed by atoms with Crippen LogP contribution >= 0.6 is 11.2 Å². The molecule has 0 saturated heterocycles. The normalized spacial score (nSPS) is 22.7. The molecule has 0 N–H and O–H groups in total. The highest BCUT2D eigenvalue weighted by Crippen LogP contribution is 2.33. The summed E-state index contributed by atoms with van der Waals surface area (Å²) in [6.45, 7) is 8.22. The first-order valence-electron chi connectivity index (χ1n) is 7.27. The Labute approximate surface area is 122 Å². The first kappa shape index (κ1) is 14.9. The minimum atomic E-state index is -0.999. The lowest BCUT2D eigenvalue weighted by Gasteiger charge is -2.28. The summed E-state index contributed by atoms with van der Waals surface area (Å²) >= 11 is 2.26. The Kier molecular flexibility index (Phi) is 5.28. The highest BCUT2D eigenvalue weighted by Gasteiger charge is 2.24. The van der Waals surface area contributed by atoms with Crippen LogP contribution in [0.3, 0.4) is 0 Å². The smallest absolute Gasteiger partial charge is 0.108 e. The minimum Gasteiger partial charge on any atom is -0.289 e. The third-order valence-corrected chi connectivity index (χ3v) is 7.87. The van der Waals surface area contributed by atoms with Crippen molar-refractivity contribution in [1.82, 2.24) is 0 Å². The second-order valence-electron chi connectivity index (χ2n) is 6.32. The average molecular weight is 292 g/mol. The molecule has 19 heavy (non-hydrogen) atoms. The predicted octanol–water partition coefficient (Wildman–Crippen LogP) is 5.14. The van der Waals surface area contributed by atoms with Crippen LogP contribution in [0.15, 0.2) is 35.3 Å². The van der Waals surface area contributed by atoms with Crippen molar-refractivity contribution in [3.8, 4) is 0 Å². The lowest BCUT2D eigenvalue weighted by molar-refractivity contribution is 0.679. The zero-order valence-corrected chi connectivity index (χ0v) is 14.2. The molecule has 0 heterocycles. The van der Waals surface area contributed by atoms with Gasteiger partial charge in [-0.2, -0.15) is 11.2 Å². The molecule has 3 heteroatoms. The summed E-state index contributed by atoms with van der Waals surface area (Å²) in [7, 11) is -0.999. The third kappa shape index (κ3) is 5.53. The Bertz CT molecular complexity index is 422. The fourth-order valence-electron chi connectivity index (χ4n) is 2.53. The highest BCUT2D eigenvalue weighted by atomic mass is 32.4. The Hall–Kier alpha value is -0.543. The second kappa shape index (κ2) is 6.75. The first-order chi connectivity index (χ1) is 9.03. The monoisotopic (exact) mass is 291 g/mol. The number of nitrogens with zero attached hydrogens (tertiary/aromatic N) is 1. The van der Waals surface area contributed by atoms with E-state index in [0.29, 0.717) is 0 Å². The van der Waals surface area contributed by atoms with E-state index in [9.17, 15) is 0 Å². The fraction of sp³-hybridized carbons (Fsp3) is 0.562. The van der Waals surface area contributed by atoms with Gasteiger partial charge in [0.1, 0.15) is 7.22 Å². The largest absolute Gasteiger partial charge is 0.289 e. The molecule has 1 aliphatic carbocycles. The van der Waals surface area contributed by atoms with E-state index in [0.717, 1.165) is 11.8 Å². The van der Waals surface area contributed by atoms with Crippen molar-refractivity contribution in [2.24, 2.45) is 4.99 Å². The Balaban J connectivity index is 1.90. The Morgan fingerprint density at radius 2 is 1.95 bits per heavy atom. The van der Waals surface area contributed by atoms with Gasteiger partial charge in [-0.1, -0.05) is 50.0 Å². The summed E-state index contributed by atoms with van der Waals surface area (Å²) in [6.07, 6.45) is 5.16. The molecule has 0 radical (unpaired) electrons. The predicted molar refractivity (Wildman–Crippen MR) is 90.8 cm³/mol. The van der Waals surface area contributed by atoms with Gasteiger partial charge < -0.3 is 0 Å². The standard InChI is InChI=1S/C16H25NSSi/c1-19(2,3)18-16-11-7-10-15(12-16)17-13-14-8-5-4-6-9-14/h4-6,8-9,16H,7,10-13H2,1-3H3/b17-15-. The van der Waals surface area contributed by atoms with E-state index in [1.807, 2.05) is 0 Å². The number of aliphatic imine (C=N–C) groups is 1. The number of rotatable bonds is 4. The molecule has 0 bridgehead atoms. The summed E-state index contributed by atoms with van der Waals surface area (Å²) in [4.78, 5) is 4.85. The molecule has 0 spiro atoms. The second-order valence-corrected chi connectivity index (χ2v) is 15.8. The number of hydrogen-bond donors (Lipinski definition) is 0. The topological polar surface area (TPSA) is 12.4 Å². The Morgan fingerprint density at radius 3 is 2.63 bits per heavy atom. The van der Waals surface area contributed by atoms with Crippen molar-refractivity contribution in [2.45, 2.75) is 57.1 Å². The molecular weight excluding hydrogens is 266 g/mol. The molecular formula is C16H25NSSi. The van der Waals surface area contributed by atoms with Crippen LogP contribution < -0.4 is 0 Å². The molecule has 0 amide bonds. The maximum absolute atomic E-state index is 4.85. The number of benzene rings is 1. The minimum absolute atomic E-state index is 0.829. The van der Waals surface area contributed by atoms with E-state index in [2.05, 4.69) is 61.2 Å². The van der Waals surface area contributed by atoms with Crippen LogP contribution in [0.1, 0.15) is 31.2 Å². The molecule has 1 unspecified atom stereocenters. The fourth-order valence-corrected chi connectivity index (χ4v) is 7.70. The van der Waals surface area contributed by atoms with Gasteiger partial charge in [0.15, 0.2) is 0 Å². The number of hydrogen-bond acceptors (Lipinski definition) is 2. The average Bonchev–Trinajstić information content (AvgIpc) is 2.36. The van der Waals surface area contributed by atoms with Gasteiger partial charge in [-0.3, -0.25) is 4.99 Å². The van der Waals surface area contributed by atoms with Gasteiger partial charge in [0, 0.05) is 11.0 Å². The van der Waals surface area contributed by atoms with Crippen molar-refractivity contribution < 1.29 is 0 Å². The molecule has 1 aliphatic rings. The van der Waals surface area contributed by atoms with Gasteiger partial charge >= 0.3 is 0 Å². The van der Waals surface area contributed by atoms with Crippen LogP contribution in [0.2, 0.25) is 19.6 Å². The summed E-state index contributed by atoms with van der Waals surface area (Å²) in [5, 5.41) is 0.829. The van der Waals surface area contributed by atoms with E-state index in [4.69, 9.17) is 4.99 Å². The van der Waals surface area contributed by atoms with Crippen LogP contribution in [0.25, 0.3) is 0 Å². The molecule has 1 atom stereocenters. The lowest BCUT2D eigenvalue weighted by Crippen LogP contribution is -2.25. The molecule has 2 rings (SSSR count). The lowest BCUT2D eigenvalue weighted by atomic mass is 9.98. The molecule has 0 aliphatic heterocycles. The molecule has 1 fully saturated rings. The maximum atomic E-state index is 4.85. The molecule has 1 nitrogen and oxygen atoms in total. The van der Waals surface area contributed by atoms with Crippen molar-refractivity contribution in [3.05, 3.63) is 35.9 Å². The summed E-state index contributed by atoms with van der Waals surface area (Å²) in [5.41, 5.74) is 2.78. The molecule has 1 aromatic rings. The summed E-state index contributed by atoms with van der Waals surface area (Å²) in [5.74, 6) is 0. The van der Waals surface area contributed by atoms with Crippen LogP contribution in [-0.2, 0) is 6.54 Å². The molecule has 0 aromatic heterocycles. The zero-order chi connectivity index (χ0) is 13.7. The van der Waals surface area contributed by atoms with Gasteiger partial charge in [-0.15, -0.1) is 0 Å². The van der Waals surface area contributed by atoms with Crippen LogP contribution in [-0.4, -0.2) is 18.2 Å². The molecule has 1 aromatic carbocycles. The van der Waals surface area contributed by atoms with E-state index in [1.54, 1.807) is 0 Å². The summed E-state index contributed by atoms with van der Waals surface area (Å²) in [6, 6.07) is 10.6. The van der Waals surface area contributed by atoms with Crippen molar-refractivity contribution in [2.75, 3.05) is 0 Å². The van der Waals surface area contributed by atoms with Crippen LogP contribution in [0.5, 0.6) is 0 Å². The van der Waals surface area contributed by atoms with Gasteiger partial charge in [0.2, 0.25) is 0 Å². The van der Waals surface area contributed by atoms with Crippen LogP contribution in [0.4, 0.5) is 0 Å². The van der Waals surface area contributed by atoms with Gasteiger partial charge in [0.05, 0.1) is 6.54 Å². The van der Waals surface area contributed by atoms with E-state index in [-0.39, 0.29) is 0 Å². The zero-order valence-electron chi connectivity index (χ0n) is 12.4. The first-order valence-corrected chi connectivity index (χ1v) is 12.4. The van der Waals surface area contributed by atoms with Gasteiger partial charge in [-0.25, -0.2) is 0 Å². The van der Waals surface area contributed by atoms with Gasteiger partial charge in [-0.05, 0) is 31.2 Å². The summed E-state index contributed by atoms with van der Waals surface area (Å²) < 4.78 is 0. The van der Waals surface area contributed by atoms with E-state index < -0.39 is 7.22 Å². The van der Waals surface area contributed by atoms with Crippen LogP contribution in [0, 0.1) is 0 Å². The molecule has 104 valence electrons. The van der Waals surface area contributed by atoms with E-state index >= 15 is 0 Å². The molecule has 1 saturated carbocycles. The van der Waals surface area contributed by atoms with Crippen molar-refractivity contribution in [1.29, 1.82) is 0 Å². The third-order valence-electron chi connectivity index (χ3n) is 3.30. The SMILES string of the molecule is C[Si](C)(C)SC1CCC/C(=N/Cc2ccccc2)C1. The van der Waals surface area contributed by atoms with Crippen molar-refractivity contribution >= 4 is 24.1 Å². The Morgan fingerprint density at radius 1 is 1.21 bits per heavy atom. The van der Waals surface area contributed by atoms with Crippen molar-refractivity contribution in [3.63, 3.8) is 0 Å². The highest BCUT2D eigenvalue weighted by molar-refractivity contribution is 8.29.